The predicted molar refractivity (Wildman–Crippen MR) is 113 cm³/mol. The van der Waals surface area contributed by atoms with E-state index in [0.29, 0.717) is 12.0 Å². The topological polar surface area (TPSA) is 32.3 Å². The maximum atomic E-state index is 13.1. The Morgan fingerprint density at radius 3 is 2.69 bits per heavy atom. The molecule has 1 aliphatic heterocycles. The first-order valence-electron chi connectivity index (χ1n) is 9.03. The van der Waals surface area contributed by atoms with Gasteiger partial charge in [0, 0.05) is 41.9 Å². The maximum Gasteiger partial charge on any atom is 0.416 e. The van der Waals surface area contributed by atoms with Crippen molar-refractivity contribution in [2.45, 2.75) is 32.0 Å². The monoisotopic (exact) mass is 466 g/mol. The van der Waals surface area contributed by atoms with Crippen molar-refractivity contribution in [1.29, 1.82) is 0 Å². The second kappa shape index (κ2) is 9.69. The van der Waals surface area contributed by atoms with E-state index in [1.165, 1.54) is 21.4 Å². The van der Waals surface area contributed by atoms with E-state index in [9.17, 15) is 18.0 Å². The summed E-state index contributed by atoms with van der Waals surface area (Å²) in [6.45, 7) is 3.60. The molecule has 1 fully saturated rings. The lowest BCUT2D eigenvalue weighted by molar-refractivity contribution is -0.137. The van der Waals surface area contributed by atoms with Gasteiger partial charge in [-0.3, -0.25) is 4.79 Å². The summed E-state index contributed by atoms with van der Waals surface area (Å²) in [5.74, 6) is -0.161. The summed E-state index contributed by atoms with van der Waals surface area (Å²) in [6.07, 6.45) is -3.77. The van der Waals surface area contributed by atoms with Gasteiger partial charge in [0.1, 0.15) is 0 Å². The van der Waals surface area contributed by atoms with Crippen LogP contribution in [0.1, 0.15) is 33.9 Å². The van der Waals surface area contributed by atoms with Gasteiger partial charge < -0.3 is 10.2 Å². The van der Waals surface area contributed by atoms with Crippen molar-refractivity contribution < 1.29 is 18.0 Å². The highest BCUT2D eigenvalue weighted by molar-refractivity contribution is 7.10. The van der Waals surface area contributed by atoms with Gasteiger partial charge in [-0.15, -0.1) is 23.7 Å². The van der Waals surface area contributed by atoms with Gasteiger partial charge in [0.25, 0.3) is 0 Å². The van der Waals surface area contributed by atoms with Crippen LogP contribution in [0.5, 0.6) is 0 Å². The summed E-state index contributed by atoms with van der Waals surface area (Å²) in [5.41, 5.74) is 0.738. The first-order chi connectivity index (χ1) is 13.2. The Kier molecular flexibility index (Phi) is 8.01. The van der Waals surface area contributed by atoms with Crippen molar-refractivity contribution in [3.05, 3.63) is 56.2 Å². The number of amides is 1. The van der Waals surface area contributed by atoms with Gasteiger partial charge >= 0.3 is 6.18 Å². The van der Waals surface area contributed by atoms with Gasteiger partial charge in [-0.25, -0.2) is 0 Å². The predicted octanol–water partition coefficient (Wildman–Crippen LogP) is 5.50. The highest BCUT2D eigenvalue weighted by Gasteiger charge is 2.35. The summed E-state index contributed by atoms with van der Waals surface area (Å²) in [4.78, 5) is 15.8. The SMILES string of the molecule is Cc1ccsc1C1CNCCC1C(=O)N(C)Cc1cc(Cl)cc(C(F)(F)F)c1.Cl. The summed E-state index contributed by atoms with van der Waals surface area (Å²) in [7, 11) is 1.64. The molecule has 0 saturated carbocycles. The number of carbonyl (C=O) groups is 1. The molecule has 9 heteroatoms. The molecule has 1 saturated heterocycles. The van der Waals surface area contributed by atoms with Crippen LogP contribution in [0.25, 0.3) is 0 Å². The molecule has 0 aliphatic carbocycles. The minimum absolute atomic E-state index is 0. The molecular formula is C20H23Cl2F3N2OS. The minimum atomic E-state index is -4.47. The molecule has 2 atom stereocenters. The fraction of sp³-hybridized carbons (Fsp3) is 0.450. The van der Waals surface area contributed by atoms with E-state index >= 15 is 0 Å². The Labute approximate surface area is 183 Å². The molecule has 1 amide bonds. The van der Waals surface area contributed by atoms with E-state index in [-0.39, 0.29) is 41.7 Å². The van der Waals surface area contributed by atoms with Crippen LogP contribution in [0.15, 0.2) is 29.6 Å². The number of nitrogens with one attached hydrogen (secondary N) is 1. The Bertz CT molecular complexity index is 856. The van der Waals surface area contributed by atoms with Gasteiger partial charge in [0.05, 0.1) is 5.56 Å². The number of carbonyl (C=O) groups excluding carboxylic acids is 1. The standard InChI is InChI=1S/C20H22ClF3N2OS.ClH/c1-12-4-6-28-18(12)17-10-25-5-3-16(17)19(27)26(2)11-13-7-14(20(22,23)24)9-15(21)8-13;/h4,6-9,16-17,25H,3,5,10-11H2,1-2H3;1H. The van der Waals surface area contributed by atoms with Gasteiger partial charge in [-0.1, -0.05) is 11.6 Å². The Hall–Kier alpha value is -1.28. The molecule has 3 rings (SSSR count). The molecule has 0 spiro atoms. The number of hydrogen-bond acceptors (Lipinski definition) is 3. The fourth-order valence-electron chi connectivity index (χ4n) is 3.73. The normalized spacial score (nSPS) is 19.5. The third-order valence-corrected chi connectivity index (χ3v) is 6.49. The quantitative estimate of drug-likeness (QED) is 0.644. The average molecular weight is 467 g/mol. The Morgan fingerprint density at radius 1 is 1.34 bits per heavy atom. The first kappa shape index (κ1) is 24.0. The third-order valence-electron chi connectivity index (χ3n) is 5.12. The summed E-state index contributed by atoms with van der Waals surface area (Å²) < 4.78 is 39.1. The molecule has 3 nitrogen and oxygen atoms in total. The van der Waals surface area contributed by atoms with E-state index in [1.807, 2.05) is 18.4 Å². The number of benzene rings is 1. The van der Waals surface area contributed by atoms with E-state index in [0.717, 1.165) is 25.2 Å². The summed E-state index contributed by atoms with van der Waals surface area (Å²) >= 11 is 7.51. The van der Waals surface area contributed by atoms with Gasteiger partial charge in [-0.05, 0) is 60.7 Å². The van der Waals surface area contributed by atoms with Gasteiger partial charge in [0.2, 0.25) is 5.91 Å². The Morgan fingerprint density at radius 2 is 2.07 bits per heavy atom. The number of halogens is 5. The molecular weight excluding hydrogens is 444 g/mol. The van der Waals surface area contributed by atoms with Crippen LogP contribution >= 0.6 is 35.3 Å². The number of nitrogens with zero attached hydrogens (tertiary/aromatic N) is 1. The lowest BCUT2D eigenvalue weighted by Crippen LogP contribution is -2.43. The maximum absolute atomic E-state index is 13.1. The van der Waals surface area contributed by atoms with Crippen molar-refractivity contribution in [2.24, 2.45) is 5.92 Å². The first-order valence-corrected chi connectivity index (χ1v) is 10.3. The van der Waals surface area contributed by atoms with Crippen LogP contribution in [0, 0.1) is 12.8 Å². The molecule has 1 aromatic carbocycles. The molecule has 1 aromatic heterocycles. The lowest BCUT2D eigenvalue weighted by atomic mass is 9.83. The van der Waals surface area contributed by atoms with E-state index in [2.05, 4.69) is 5.32 Å². The van der Waals surface area contributed by atoms with E-state index < -0.39 is 11.7 Å². The number of thiophene rings is 1. The van der Waals surface area contributed by atoms with Gasteiger partial charge in [0.15, 0.2) is 0 Å². The molecule has 2 aromatic rings. The van der Waals surface area contributed by atoms with E-state index in [4.69, 9.17) is 11.6 Å². The smallest absolute Gasteiger partial charge is 0.341 e. The number of rotatable bonds is 4. The minimum Gasteiger partial charge on any atom is -0.341 e. The zero-order chi connectivity index (χ0) is 20.5. The van der Waals surface area contributed by atoms with Crippen LogP contribution in [0.4, 0.5) is 13.2 Å². The highest BCUT2D eigenvalue weighted by Crippen LogP contribution is 2.36. The lowest BCUT2D eigenvalue weighted by Gasteiger charge is -2.34. The zero-order valence-corrected chi connectivity index (χ0v) is 18.4. The third kappa shape index (κ3) is 5.66. The molecule has 160 valence electrons. The molecule has 2 unspecified atom stereocenters. The average Bonchev–Trinajstić information content (AvgIpc) is 3.05. The fourth-order valence-corrected chi connectivity index (χ4v) is 5.09. The van der Waals surface area contributed by atoms with Crippen LogP contribution < -0.4 is 5.32 Å². The molecule has 0 bridgehead atoms. The van der Waals surface area contributed by atoms with Crippen LogP contribution in [-0.4, -0.2) is 30.9 Å². The molecule has 1 aliphatic rings. The summed E-state index contributed by atoms with van der Waals surface area (Å²) in [5, 5.41) is 5.39. The number of hydrogen-bond donors (Lipinski definition) is 1. The van der Waals surface area contributed by atoms with Crippen molar-refractivity contribution >= 4 is 41.3 Å². The Balaban J connectivity index is 0.00000300. The van der Waals surface area contributed by atoms with Crippen LogP contribution in [-0.2, 0) is 17.5 Å². The van der Waals surface area contributed by atoms with E-state index in [1.54, 1.807) is 18.4 Å². The number of aryl methyl sites for hydroxylation is 1. The van der Waals surface area contributed by atoms with Crippen molar-refractivity contribution in [3.63, 3.8) is 0 Å². The molecule has 0 radical (unpaired) electrons. The zero-order valence-electron chi connectivity index (χ0n) is 16.1. The molecule has 1 N–H and O–H groups in total. The van der Waals surface area contributed by atoms with Crippen LogP contribution in [0.2, 0.25) is 5.02 Å². The second-order valence-corrected chi connectivity index (χ2v) is 8.60. The van der Waals surface area contributed by atoms with Crippen molar-refractivity contribution in [2.75, 3.05) is 20.1 Å². The number of piperidine rings is 1. The molecule has 2 heterocycles. The van der Waals surface area contributed by atoms with Gasteiger partial charge in [-0.2, -0.15) is 13.2 Å². The van der Waals surface area contributed by atoms with Crippen molar-refractivity contribution in [1.82, 2.24) is 10.2 Å². The number of alkyl halides is 3. The highest BCUT2D eigenvalue weighted by atomic mass is 35.5. The largest absolute Gasteiger partial charge is 0.416 e. The molecule has 29 heavy (non-hydrogen) atoms. The van der Waals surface area contributed by atoms with Crippen molar-refractivity contribution in [3.8, 4) is 0 Å². The second-order valence-electron chi connectivity index (χ2n) is 7.21. The van der Waals surface area contributed by atoms with Crippen LogP contribution in [0.3, 0.4) is 0 Å². The summed E-state index contributed by atoms with van der Waals surface area (Å²) in [6, 6.07) is 5.47.